The van der Waals surface area contributed by atoms with Crippen molar-refractivity contribution in [3.63, 3.8) is 0 Å². The van der Waals surface area contributed by atoms with Gasteiger partial charge in [-0.25, -0.2) is 4.99 Å². The Hall–Kier alpha value is -1.91. The predicted octanol–water partition coefficient (Wildman–Crippen LogP) is 2.05. The van der Waals surface area contributed by atoms with Crippen molar-refractivity contribution in [1.29, 1.82) is 0 Å². The predicted molar refractivity (Wildman–Crippen MR) is 80.3 cm³/mol. The number of fused-ring (bicyclic) bond motifs is 1. The molecule has 0 unspecified atom stereocenters. The average Bonchev–Trinajstić information content (AvgIpc) is 2.59. The van der Waals surface area contributed by atoms with E-state index in [0.29, 0.717) is 25.7 Å². The molecule has 20 heavy (non-hydrogen) atoms. The molecule has 3 N–H and O–H groups in total. The van der Waals surface area contributed by atoms with Crippen LogP contribution in [0.1, 0.15) is 32.8 Å². The largest absolute Gasteiger partial charge is 0.490 e. The Bertz CT molecular complexity index is 492. The van der Waals surface area contributed by atoms with E-state index in [4.69, 9.17) is 15.2 Å². The number of hydrogen-bond acceptors (Lipinski definition) is 3. The third-order valence-electron chi connectivity index (χ3n) is 2.78. The molecule has 2 rings (SSSR count). The molecular weight excluding hydrogens is 254 g/mol. The van der Waals surface area contributed by atoms with Crippen molar-refractivity contribution in [1.82, 2.24) is 5.32 Å². The highest BCUT2D eigenvalue weighted by Crippen LogP contribution is 2.33. The number of hydrogen-bond donors (Lipinski definition) is 2. The van der Waals surface area contributed by atoms with Crippen LogP contribution in [0.25, 0.3) is 0 Å². The van der Waals surface area contributed by atoms with Gasteiger partial charge in [-0.2, -0.15) is 0 Å². The normalized spacial score (nSPS) is 15.7. The highest BCUT2D eigenvalue weighted by molar-refractivity contribution is 5.78. The zero-order chi connectivity index (χ0) is 14.6. The summed E-state index contributed by atoms with van der Waals surface area (Å²) in [5, 5.41) is 3.14. The zero-order valence-corrected chi connectivity index (χ0v) is 12.4. The first-order valence-electron chi connectivity index (χ1n) is 6.91. The van der Waals surface area contributed by atoms with E-state index in [1.54, 1.807) is 0 Å². The maximum Gasteiger partial charge on any atom is 0.189 e. The number of nitrogens with one attached hydrogen (secondary N) is 1. The SMILES string of the molecule is CC(C)(C)NC(N)=NCc1cccc2c1OCCCO2. The van der Waals surface area contributed by atoms with E-state index in [9.17, 15) is 0 Å². The molecule has 110 valence electrons. The van der Waals surface area contributed by atoms with E-state index in [1.165, 1.54) is 0 Å². The first-order chi connectivity index (χ1) is 9.46. The van der Waals surface area contributed by atoms with E-state index in [0.717, 1.165) is 23.5 Å². The maximum atomic E-state index is 5.88. The van der Waals surface area contributed by atoms with Crippen molar-refractivity contribution in [2.24, 2.45) is 10.7 Å². The van der Waals surface area contributed by atoms with E-state index < -0.39 is 0 Å². The van der Waals surface area contributed by atoms with Crippen molar-refractivity contribution in [2.45, 2.75) is 39.3 Å². The first-order valence-corrected chi connectivity index (χ1v) is 6.91. The molecule has 0 radical (unpaired) electrons. The van der Waals surface area contributed by atoms with Crippen LogP contribution in [0.15, 0.2) is 23.2 Å². The van der Waals surface area contributed by atoms with Crippen molar-refractivity contribution >= 4 is 5.96 Å². The number of nitrogens with zero attached hydrogens (tertiary/aromatic N) is 1. The van der Waals surface area contributed by atoms with Gasteiger partial charge in [0.15, 0.2) is 17.5 Å². The lowest BCUT2D eigenvalue weighted by Crippen LogP contribution is -2.44. The fourth-order valence-corrected chi connectivity index (χ4v) is 1.97. The molecule has 0 aromatic heterocycles. The standard InChI is InChI=1S/C15H23N3O2/c1-15(2,3)18-14(16)17-10-11-6-4-7-12-13(11)20-9-5-8-19-12/h4,6-7H,5,8-10H2,1-3H3,(H3,16,17,18). The van der Waals surface area contributed by atoms with Gasteiger partial charge in [-0.1, -0.05) is 12.1 Å². The summed E-state index contributed by atoms with van der Waals surface area (Å²) in [6.45, 7) is 7.96. The van der Waals surface area contributed by atoms with Gasteiger partial charge in [0.2, 0.25) is 0 Å². The molecule has 5 heteroatoms. The van der Waals surface area contributed by atoms with Crippen LogP contribution in [0.5, 0.6) is 11.5 Å². The summed E-state index contributed by atoms with van der Waals surface area (Å²) in [7, 11) is 0. The molecular formula is C15H23N3O2. The Morgan fingerprint density at radius 1 is 1.30 bits per heavy atom. The molecule has 1 aromatic rings. The Kier molecular flexibility index (Phi) is 4.37. The molecule has 5 nitrogen and oxygen atoms in total. The highest BCUT2D eigenvalue weighted by Gasteiger charge is 2.14. The van der Waals surface area contributed by atoms with Crippen LogP contribution in [0.4, 0.5) is 0 Å². The average molecular weight is 277 g/mol. The van der Waals surface area contributed by atoms with Crippen LogP contribution in [-0.2, 0) is 6.54 Å². The molecule has 1 aliphatic rings. The summed E-state index contributed by atoms with van der Waals surface area (Å²) in [6, 6.07) is 5.86. The van der Waals surface area contributed by atoms with E-state index >= 15 is 0 Å². The minimum atomic E-state index is -0.0964. The molecule has 0 fully saturated rings. The van der Waals surface area contributed by atoms with Crippen LogP contribution in [0.3, 0.4) is 0 Å². The van der Waals surface area contributed by atoms with Crippen molar-refractivity contribution in [3.05, 3.63) is 23.8 Å². The monoisotopic (exact) mass is 277 g/mol. The molecule has 0 amide bonds. The molecule has 0 atom stereocenters. The Labute approximate surface area is 120 Å². The fraction of sp³-hybridized carbons (Fsp3) is 0.533. The highest BCUT2D eigenvalue weighted by atomic mass is 16.5. The van der Waals surface area contributed by atoms with Gasteiger partial charge < -0.3 is 20.5 Å². The lowest BCUT2D eigenvalue weighted by Gasteiger charge is -2.21. The quantitative estimate of drug-likeness (QED) is 0.641. The van der Waals surface area contributed by atoms with Gasteiger partial charge in [0, 0.05) is 17.5 Å². The molecule has 0 saturated carbocycles. The van der Waals surface area contributed by atoms with E-state index in [1.807, 2.05) is 39.0 Å². The van der Waals surface area contributed by atoms with Crippen LogP contribution in [-0.4, -0.2) is 24.7 Å². The van der Waals surface area contributed by atoms with Gasteiger partial charge in [0.05, 0.1) is 19.8 Å². The molecule has 1 aliphatic heterocycles. The second-order valence-electron chi connectivity index (χ2n) is 5.87. The molecule has 0 bridgehead atoms. The van der Waals surface area contributed by atoms with Crippen molar-refractivity contribution < 1.29 is 9.47 Å². The van der Waals surface area contributed by atoms with E-state index in [-0.39, 0.29) is 5.54 Å². The van der Waals surface area contributed by atoms with Gasteiger partial charge in [-0.3, -0.25) is 0 Å². The van der Waals surface area contributed by atoms with Crippen LogP contribution >= 0.6 is 0 Å². The van der Waals surface area contributed by atoms with Crippen molar-refractivity contribution in [2.75, 3.05) is 13.2 Å². The summed E-state index contributed by atoms with van der Waals surface area (Å²) >= 11 is 0. The molecule has 0 aliphatic carbocycles. The van der Waals surface area contributed by atoms with Gasteiger partial charge in [-0.05, 0) is 26.8 Å². The van der Waals surface area contributed by atoms with Crippen LogP contribution in [0.2, 0.25) is 0 Å². The molecule has 0 saturated heterocycles. The Morgan fingerprint density at radius 3 is 2.80 bits per heavy atom. The van der Waals surface area contributed by atoms with Gasteiger partial charge in [0.25, 0.3) is 0 Å². The van der Waals surface area contributed by atoms with Gasteiger partial charge in [0.1, 0.15) is 0 Å². The Balaban J connectivity index is 2.12. The number of para-hydroxylation sites is 1. The maximum absolute atomic E-state index is 5.88. The van der Waals surface area contributed by atoms with Gasteiger partial charge in [-0.15, -0.1) is 0 Å². The summed E-state index contributed by atoms with van der Waals surface area (Å²) in [4.78, 5) is 4.37. The summed E-state index contributed by atoms with van der Waals surface area (Å²) < 4.78 is 11.4. The number of rotatable bonds is 2. The summed E-state index contributed by atoms with van der Waals surface area (Å²) in [6.07, 6.45) is 0.894. The molecule has 0 spiro atoms. The third-order valence-corrected chi connectivity index (χ3v) is 2.78. The molecule has 1 aromatic carbocycles. The number of nitrogens with two attached hydrogens (primary N) is 1. The Morgan fingerprint density at radius 2 is 2.05 bits per heavy atom. The van der Waals surface area contributed by atoms with Crippen LogP contribution in [0, 0.1) is 0 Å². The number of aliphatic imine (C=N–C) groups is 1. The lowest BCUT2D eigenvalue weighted by molar-refractivity contribution is 0.296. The fourth-order valence-electron chi connectivity index (χ4n) is 1.97. The van der Waals surface area contributed by atoms with Gasteiger partial charge >= 0.3 is 0 Å². The van der Waals surface area contributed by atoms with Crippen LogP contribution < -0.4 is 20.5 Å². The van der Waals surface area contributed by atoms with Crippen molar-refractivity contribution in [3.8, 4) is 11.5 Å². The lowest BCUT2D eigenvalue weighted by atomic mass is 10.1. The topological polar surface area (TPSA) is 68.9 Å². The summed E-state index contributed by atoms with van der Waals surface area (Å²) in [5.41, 5.74) is 6.77. The second kappa shape index (κ2) is 6.03. The van der Waals surface area contributed by atoms with E-state index in [2.05, 4.69) is 10.3 Å². The smallest absolute Gasteiger partial charge is 0.189 e. The minimum Gasteiger partial charge on any atom is -0.490 e. The minimum absolute atomic E-state index is 0.0964. The number of guanidine groups is 1. The second-order valence-corrected chi connectivity index (χ2v) is 5.87. The first kappa shape index (κ1) is 14.5. The number of benzene rings is 1. The molecule has 1 heterocycles. The third kappa shape index (κ3) is 4.05. The zero-order valence-electron chi connectivity index (χ0n) is 12.4. The number of ether oxygens (including phenoxy) is 2. The summed E-state index contributed by atoms with van der Waals surface area (Å²) in [5.74, 6) is 2.01.